The number of hydrogen-bond donors (Lipinski definition) is 2. The predicted octanol–water partition coefficient (Wildman–Crippen LogP) is 2.71. The number of amides is 1. The van der Waals surface area contributed by atoms with E-state index in [4.69, 9.17) is 5.73 Å². The first-order valence-corrected chi connectivity index (χ1v) is 6.84. The fourth-order valence-electron chi connectivity index (χ4n) is 2.58. The van der Waals surface area contributed by atoms with Gasteiger partial charge in [-0.2, -0.15) is 0 Å². The van der Waals surface area contributed by atoms with Crippen molar-refractivity contribution in [1.82, 2.24) is 0 Å². The van der Waals surface area contributed by atoms with E-state index in [-0.39, 0.29) is 17.9 Å². The van der Waals surface area contributed by atoms with Gasteiger partial charge in [0, 0.05) is 17.6 Å². The normalized spacial score (nSPS) is 23.7. The fourth-order valence-corrected chi connectivity index (χ4v) is 2.58. The number of aryl methyl sites for hydroxylation is 1. The summed E-state index contributed by atoms with van der Waals surface area (Å²) in [6, 6.07) is 8.24. The van der Waals surface area contributed by atoms with E-state index >= 15 is 0 Å². The van der Waals surface area contributed by atoms with Crippen LogP contribution in [-0.4, -0.2) is 11.9 Å². The molecule has 0 bridgehead atoms. The lowest BCUT2D eigenvalue weighted by atomic mass is 9.85. The van der Waals surface area contributed by atoms with E-state index in [2.05, 4.69) is 18.3 Å². The third-order valence-electron chi connectivity index (χ3n) is 3.69. The van der Waals surface area contributed by atoms with Crippen LogP contribution >= 0.6 is 0 Å². The fraction of sp³-hybridized carbons (Fsp3) is 0.533. The maximum atomic E-state index is 12.1. The second-order valence-electron chi connectivity index (χ2n) is 5.17. The Labute approximate surface area is 109 Å². The van der Waals surface area contributed by atoms with E-state index in [1.165, 1.54) is 5.56 Å². The van der Waals surface area contributed by atoms with Gasteiger partial charge in [0.15, 0.2) is 0 Å². The molecule has 0 spiro atoms. The standard InChI is InChI=1S/C15H22N2O/c1-2-11-5-3-8-14(9-11)17-15(18)12-6-4-7-13(16)10-12/h3,5,8-9,12-13H,2,4,6-7,10,16H2,1H3,(H,17,18). The van der Waals surface area contributed by atoms with Crippen molar-refractivity contribution in [2.45, 2.75) is 45.1 Å². The SMILES string of the molecule is CCc1cccc(NC(=O)C2CCCC(N)C2)c1. The average molecular weight is 246 g/mol. The molecule has 1 aliphatic rings. The Kier molecular flexibility index (Phi) is 4.37. The van der Waals surface area contributed by atoms with E-state index in [1.807, 2.05) is 18.2 Å². The van der Waals surface area contributed by atoms with Crippen molar-refractivity contribution in [3.8, 4) is 0 Å². The monoisotopic (exact) mass is 246 g/mol. The summed E-state index contributed by atoms with van der Waals surface area (Å²) in [5.74, 6) is 0.206. The molecule has 1 aromatic carbocycles. The van der Waals surface area contributed by atoms with Gasteiger partial charge in [0.2, 0.25) is 5.91 Å². The number of benzene rings is 1. The van der Waals surface area contributed by atoms with E-state index < -0.39 is 0 Å². The van der Waals surface area contributed by atoms with Gasteiger partial charge in [0.05, 0.1) is 0 Å². The first-order chi connectivity index (χ1) is 8.69. The quantitative estimate of drug-likeness (QED) is 0.861. The lowest BCUT2D eigenvalue weighted by Crippen LogP contribution is -2.34. The molecule has 0 aliphatic heterocycles. The molecular weight excluding hydrogens is 224 g/mol. The minimum absolute atomic E-state index is 0.0824. The third kappa shape index (κ3) is 3.33. The van der Waals surface area contributed by atoms with E-state index in [0.29, 0.717) is 0 Å². The summed E-state index contributed by atoms with van der Waals surface area (Å²) in [7, 11) is 0. The number of carbonyl (C=O) groups is 1. The lowest BCUT2D eigenvalue weighted by Gasteiger charge is -2.25. The van der Waals surface area contributed by atoms with Crippen LogP contribution in [-0.2, 0) is 11.2 Å². The summed E-state index contributed by atoms with van der Waals surface area (Å²) < 4.78 is 0. The molecule has 1 saturated carbocycles. The number of nitrogens with one attached hydrogen (secondary N) is 1. The van der Waals surface area contributed by atoms with Gasteiger partial charge in [-0.05, 0) is 43.4 Å². The molecule has 98 valence electrons. The zero-order valence-electron chi connectivity index (χ0n) is 11.0. The molecule has 1 fully saturated rings. The summed E-state index contributed by atoms with van der Waals surface area (Å²) in [6.07, 6.45) is 4.88. The number of carbonyl (C=O) groups excluding carboxylic acids is 1. The van der Waals surface area contributed by atoms with E-state index in [0.717, 1.165) is 37.8 Å². The molecule has 3 heteroatoms. The van der Waals surface area contributed by atoms with Gasteiger partial charge >= 0.3 is 0 Å². The molecule has 1 aromatic rings. The largest absolute Gasteiger partial charge is 0.328 e. The Bertz CT molecular complexity index is 417. The molecule has 0 aromatic heterocycles. The van der Waals surface area contributed by atoms with Crippen LogP contribution in [0.4, 0.5) is 5.69 Å². The van der Waals surface area contributed by atoms with Crippen LogP contribution in [0.5, 0.6) is 0 Å². The van der Waals surface area contributed by atoms with Gasteiger partial charge < -0.3 is 11.1 Å². The Morgan fingerprint density at radius 2 is 2.28 bits per heavy atom. The zero-order valence-corrected chi connectivity index (χ0v) is 11.0. The van der Waals surface area contributed by atoms with Crippen molar-refractivity contribution in [2.24, 2.45) is 11.7 Å². The molecule has 0 heterocycles. The van der Waals surface area contributed by atoms with Crippen molar-refractivity contribution in [1.29, 1.82) is 0 Å². The highest BCUT2D eigenvalue weighted by Crippen LogP contribution is 2.24. The Morgan fingerprint density at radius 1 is 1.44 bits per heavy atom. The maximum absolute atomic E-state index is 12.1. The third-order valence-corrected chi connectivity index (χ3v) is 3.69. The molecular formula is C15H22N2O. The van der Waals surface area contributed by atoms with Gasteiger partial charge in [-0.3, -0.25) is 4.79 Å². The van der Waals surface area contributed by atoms with Gasteiger partial charge in [0.1, 0.15) is 0 Å². The summed E-state index contributed by atoms with van der Waals surface area (Å²) in [6.45, 7) is 2.11. The number of hydrogen-bond acceptors (Lipinski definition) is 2. The Hall–Kier alpha value is -1.35. The minimum Gasteiger partial charge on any atom is -0.328 e. The molecule has 1 aliphatic carbocycles. The average Bonchev–Trinajstić information content (AvgIpc) is 2.39. The maximum Gasteiger partial charge on any atom is 0.227 e. The molecule has 2 unspecified atom stereocenters. The molecule has 3 nitrogen and oxygen atoms in total. The molecule has 18 heavy (non-hydrogen) atoms. The van der Waals surface area contributed by atoms with Crippen molar-refractivity contribution >= 4 is 11.6 Å². The Balaban J connectivity index is 1.97. The highest BCUT2D eigenvalue weighted by molar-refractivity contribution is 5.92. The second-order valence-corrected chi connectivity index (χ2v) is 5.17. The number of nitrogens with two attached hydrogens (primary N) is 1. The van der Waals surface area contributed by atoms with Gasteiger partial charge in [-0.15, -0.1) is 0 Å². The summed E-state index contributed by atoms with van der Waals surface area (Å²) >= 11 is 0. The summed E-state index contributed by atoms with van der Waals surface area (Å²) in [5, 5.41) is 3.01. The van der Waals surface area contributed by atoms with Gasteiger partial charge in [-0.25, -0.2) is 0 Å². The smallest absolute Gasteiger partial charge is 0.227 e. The first kappa shape index (κ1) is 13.1. The first-order valence-electron chi connectivity index (χ1n) is 6.84. The number of rotatable bonds is 3. The molecule has 3 N–H and O–H groups in total. The highest BCUT2D eigenvalue weighted by atomic mass is 16.1. The van der Waals surface area contributed by atoms with Crippen LogP contribution in [0.1, 0.15) is 38.2 Å². The molecule has 0 radical (unpaired) electrons. The van der Waals surface area contributed by atoms with Crippen LogP contribution in [0.2, 0.25) is 0 Å². The summed E-state index contributed by atoms with van der Waals surface area (Å²) in [4.78, 5) is 12.1. The topological polar surface area (TPSA) is 55.1 Å². The molecule has 2 atom stereocenters. The summed E-state index contributed by atoms with van der Waals surface area (Å²) in [5.41, 5.74) is 8.07. The molecule has 1 amide bonds. The van der Waals surface area contributed by atoms with Gasteiger partial charge in [-0.1, -0.05) is 25.5 Å². The zero-order chi connectivity index (χ0) is 13.0. The highest BCUT2D eigenvalue weighted by Gasteiger charge is 2.25. The van der Waals surface area contributed by atoms with Crippen LogP contribution in [0, 0.1) is 5.92 Å². The minimum atomic E-state index is 0.0824. The van der Waals surface area contributed by atoms with Crippen LogP contribution in [0.25, 0.3) is 0 Å². The van der Waals surface area contributed by atoms with Crippen molar-refractivity contribution in [3.05, 3.63) is 29.8 Å². The lowest BCUT2D eigenvalue weighted by molar-refractivity contribution is -0.120. The van der Waals surface area contributed by atoms with Gasteiger partial charge in [0.25, 0.3) is 0 Å². The van der Waals surface area contributed by atoms with Crippen LogP contribution in [0.15, 0.2) is 24.3 Å². The van der Waals surface area contributed by atoms with Crippen molar-refractivity contribution in [3.63, 3.8) is 0 Å². The van der Waals surface area contributed by atoms with Crippen molar-refractivity contribution in [2.75, 3.05) is 5.32 Å². The van der Waals surface area contributed by atoms with E-state index in [9.17, 15) is 4.79 Å². The van der Waals surface area contributed by atoms with E-state index in [1.54, 1.807) is 0 Å². The molecule has 0 saturated heterocycles. The van der Waals surface area contributed by atoms with Crippen molar-refractivity contribution < 1.29 is 4.79 Å². The van der Waals surface area contributed by atoms with Crippen LogP contribution < -0.4 is 11.1 Å². The second kappa shape index (κ2) is 6.01. The Morgan fingerprint density at radius 3 is 3.00 bits per heavy atom. The predicted molar refractivity (Wildman–Crippen MR) is 74.4 cm³/mol. The molecule has 2 rings (SSSR count). The van der Waals surface area contributed by atoms with Crippen LogP contribution in [0.3, 0.4) is 0 Å². The number of anilines is 1.